The number of hydrogen-bond donors (Lipinski definition) is 1. The Kier molecular flexibility index (Phi) is 6.90. The minimum Gasteiger partial charge on any atom is -0.492 e. The Hall–Kier alpha value is -3.12. The van der Waals surface area contributed by atoms with Crippen LogP contribution in [-0.2, 0) is 4.79 Å². The predicted octanol–water partition coefficient (Wildman–Crippen LogP) is 4.47. The van der Waals surface area contributed by atoms with E-state index in [1.807, 2.05) is 76.5 Å². The average molecular weight is 408 g/mol. The maximum Gasteiger partial charge on any atom is 0.219 e. The van der Waals surface area contributed by atoms with Gasteiger partial charge in [-0.3, -0.25) is 4.79 Å². The van der Waals surface area contributed by atoms with Crippen LogP contribution in [0, 0.1) is 6.92 Å². The summed E-state index contributed by atoms with van der Waals surface area (Å²) in [6.45, 7) is 6.98. The van der Waals surface area contributed by atoms with Crippen LogP contribution in [0.25, 0.3) is 10.9 Å². The number of carbonyl (C=O) groups excluding carboxylic acids is 1. The minimum atomic E-state index is -0.0519. The zero-order valence-corrected chi connectivity index (χ0v) is 18.2. The number of amides is 1. The molecular formula is C24H29N3O3. The molecular weight excluding hydrogens is 378 g/mol. The summed E-state index contributed by atoms with van der Waals surface area (Å²) < 4.78 is 11.8. The van der Waals surface area contributed by atoms with Gasteiger partial charge in [0.15, 0.2) is 0 Å². The number of fused-ring (bicyclic) bond motifs is 1. The number of benzene rings is 2. The lowest BCUT2D eigenvalue weighted by atomic mass is 10.1. The van der Waals surface area contributed by atoms with E-state index in [4.69, 9.17) is 9.47 Å². The second-order valence-electron chi connectivity index (χ2n) is 7.70. The summed E-state index contributed by atoms with van der Waals surface area (Å²) >= 11 is 0. The van der Waals surface area contributed by atoms with E-state index >= 15 is 0 Å². The molecule has 0 fully saturated rings. The number of hydrogen-bond acceptors (Lipinski definition) is 5. The molecule has 0 radical (unpaired) electrons. The quantitative estimate of drug-likeness (QED) is 0.597. The van der Waals surface area contributed by atoms with Crippen molar-refractivity contribution in [3.8, 4) is 17.4 Å². The molecule has 30 heavy (non-hydrogen) atoms. The number of nitrogens with zero attached hydrogens (tertiary/aromatic N) is 2. The Labute approximate surface area is 177 Å². The molecule has 1 amide bonds. The number of carbonyl (C=O) groups is 1. The Morgan fingerprint density at radius 1 is 1.13 bits per heavy atom. The van der Waals surface area contributed by atoms with Gasteiger partial charge in [0.1, 0.15) is 18.1 Å². The molecule has 0 spiro atoms. The molecule has 1 N–H and O–H groups in total. The van der Waals surface area contributed by atoms with Crippen LogP contribution in [0.3, 0.4) is 0 Å². The van der Waals surface area contributed by atoms with Gasteiger partial charge in [0, 0.05) is 24.9 Å². The Morgan fingerprint density at radius 2 is 1.93 bits per heavy atom. The van der Waals surface area contributed by atoms with Crippen molar-refractivity contribution in [3.05, 3.63) is 59.7 Å². The lowest BCUT2D eigenvalue weighted by Gasteiger charge is -2.14. The van der Waals surface area contributed by atoms with Gasteiger partial charge < -0.3 is 19.7 Å². The van der Waals surface area contributed by atoms with Crippen LogP contribution in [0.5, 0.6) is 17.4 Å². The summed E-state index contributed by atoms with van der Waals surface area (Å²) in [6.07, 6.45) is 0. The van der Waals surface area contributed by atoms with Crippen molar-refractivity contribution in [2.24, 2.45) is 0 Å². The number of aryl methyl sites for hydroxylation is 1. The molecule has 2 aromatic carbocycles. The normalized spacial score (nSPS) is 12.1. The van der Waals surface area contributed by atoms with Crippen molar-refractivity contribution in [3.63, 3.8) is 0 Å². The molecule has 0 saturated heterocycles. The number of likely N-dealkylation sites (N-methyl/N-ethyl adjacent to an activating group) is 1. The van der Waals surface area contributed by atoms with Crippen molar-refractivity contribution in [2.75, 3.05) is 27.2 Å². The van der Waals surface area contributed by atoms with Gasteiger partial charge in [0.2, 0.25) is 11.8 Å². The first-order valence-corrected chi connectivity index (χ1v) is 10.1. The lowest BCUT2D eigenvalue weighted by Crippen LogP contribution is -2.23. The molecule has 0 saturated carbocycles. The SMILES string of the molecule is CC(=O)NC(C)c1ccc2nc(Oc3ccc(OCCN(C)C)cc3C)ccc2c1. The van der Waals surface area contributed by atoms with Crippen molar-refractivity contribution >= 4 is 16.8 Å². The summed E-state index contributed by atoms with van der Waals surface area (Å²) in [5.74, 6) is 2.06. The fourth-order valence-corrected chi connectivity index (χ4v) is 3.12. The van der Waals surface area contributed by atoms with Crippen LogP contribution in [0.1, 0.15) is 31.0 Å². The van der Waals surface area contributed by atoms with Gasteiger partial charge in [-0.2, -0.15) is 0 Å². The molecule has 1 atom stereocenters. The van der Waals surface area contributed by atoms with Gasteiger partial charge in [0.05, 0.1) is 11.6 Å². The van der Waals surface area contributed by atoms with Crippen LogP contribution in [-0.4, -0.2) is 43.0 Å². The highest BCUT2D eigenvalue weighted by molar-refractivity contribution is 5.80. The topological polar surface area (TPSA) is 63.7 Å². The van der Waals surface area contributed by atoms with E-state index in [2.05, 4.69) is 15.2 Å². The molecule has 3 rings (SSSR count). The molecule has 0 aliphatic rings. The number of ether oxygens (including phenoxy) is 2. The van der Waals surface area contributed by atoms with Crippen LogP contribution >= 0.6 is 0 Å². The molecule has 0 aliphatic heterocycles. The highest BCUT2D eigenvalue weighted by Gasteiger charge is 2.09. The minimum absolute atomic E-state index is 0.0473. The molecule has 1 aromatic heterocycles. The van der Waals surface area contributed by atoms with E-state index in [0.29, 0.717) is 12.5 Å². The summed E-state index contributed by atoms with van der Waals surface area (Å²) in [6, 6.07) is 15.5. The van der Waals surface area contributed by atoms with Crippen molar-refractivity contribution in [1.82, 2.24) is 15.2 Å². The van der Waals surface area contributed by atoms with Crippen LogP contribution in [0.2, 0.25) is 0 Å². The second kappa shape index (κ2) is 9.59. The van der Waals surface area contributed by atoms with Crippen LogP contribution in [0.15, 0.2) is 48.5 Å². The molecule has 0 aliphatic carbocycles. The standard InChI is InChI=1S/C24H29N3O3/c1-16-14-21(29-13-12-27(4)5)8-10-23(16)30-24-11-7-20-15-19(6-9-22(20)26-24)17(2)25-18(3)28/h6-11,14-15,17H,12-13H2,1-5H3,(H,25,28). The Balaban J connectivity index is 1.72. The fourth-order valence-electron chi connectivity index (χ4n) is 3.12. The summed E-state index contributed by atoms with van der Waals surface area (Å²) in [5, 5.41) is 3.90. The van der Waals surface area contributed by atoms with E-state index in [9.17, 15) is 4.79 Å². The van der Waals surface area contributed by atoms with Gasteiger partial charge >= 0.3 is 0 Å². The monoisotopic (exact) mass is 407 g/mol. The second-order valence-corrected chi connectivity index (χ2v) is 7.70. The maximum atomic E-state index is 11.3. The molecule has 0 bridgehead atoms. The summed E-state index contributed by atoms with van der Waals surface area (Å²) in [5.41, 5.74) is 2.86. The first-order valence-electron chi connectivity index (χ1n) is 10.1. The molecule has 3 aromatic rings. The molecule has 6 nitrogen and oxygen atoms in total. The summed E-state index contributed by atoms with van der Waals surface area (Å²) in [4.78, 5) is 18.0. The smallest absolute Gasteiger partial charge is 0.219 e. The number of nitrogens with one attached hydrogen (secondary N) is 1. The Morgan fingerprint density at radius 3 is 2.63 bits per heavy atom. The van der Waals surface area contributed by atoms with Gasteiger partial charge in [-0.1, -0.05) is 6.07 Å². The van der Waals surface area contributed by atoms with Gasteiger partial charge in [0.25, 0.3) is 0 Å². The molecule has 158 valence electrons. The van der Waals surface area contributed by atoms with Gasteiger partial charge in [-0.05, 0) is 75.5 Å². The summed E-state index contributed by atoms with van der Waals surface area (Å²) in [7, 11) is 4.04. The highest BCUT2D eigenvalue weighted by Crippen LogP contribution is 2.29. The molecule has 1 heterocycles. The average Bonchev–Trinajstić information content (AvgIpc) is 2.68. The van der Waals surface area contributed by atoms with E-state index in [1.165, 1.54) is 6.92 Å². The largest absolute Gasteiger partial charge is 0.492 e. The van der Waals surface area contributed by atoms with Gasteiger partial charge in [-0.25, -0.2) is 4.98 Å². The number of pyridine rings is 1. The van der Waals surface area contributed by atoms with Crippen molar-refractivity contribution < 1.29 is 14.3 Å². The molecule has 6 heteroatoms. The van der Waals surface area contributed by atoms with Crippen molar-refractivity contribution in [1.29, 1.82) is 0 Å². The third-order valence-electron chi connectivity index (χ3n) is 4.78. The van der Waals surface area contributed by atoms with Gasteiger partial charge in [-0.15, -0.1) is 0 Å². The van der Waals surface area contributed by atoms with Crippen molar-refractivity contribution in [2.45, 2.75) is 26.8 Å². The van der Waals surface area contributed by atoms with E-state index < -0.39 is 0 Å². The van der Waals surface area contributed by atoms with Crippen LogP contribution < -0.4 is 14.8 Å². The predicted molar refractivity (Wildman–Crippen MR) is 119 cm³/mol. The highest BCUT2D eigenvalue weighted by atomic mass is 16.5. The zero-order chi connectivity index (χ0) is 21.7. The van der Waals surface area contributed by atoms with Crippen LogP contribution in [0.4, 0.5) is 0 Å². The number of aromatic nitrogens is 1. The maximum absolute atomic E-state index is 11.3. The lowest BCUT2D eigenvalue weighted by molar-refractivity contribution is -0.119. The zero-order valence-electron chi connectivity index (χ0n) is 18.2. The fraction of sp³-hybridized carbons (Fsp3) is 0.333. The third kappa shape index (κ3) is 5.70. The van der Waals surface area contributed by atoms with E-state index in [-0.39, 0.29) is 11.9 Å². The third-order valence-corrected chi connectivity index (χ3v) is 4.78. The first kappa shape index (κ1) is 21.6. The van der Waals surface area contributed by atoms with E-state index in [0.717, 1.165) is 40.1 Å². The van der Waals surface area contributed by atoms with E-state index in [1.54, 1.807) is 0 Å². The number of rotatable bonds is 8. The molecule has 1 unspecified atom stereocenters. The first-order chi connectivity index (χ1) is 14.3. The Bertz CT molecular complexity index is 1030.